The minimum absolute atomic E-state index is 1.08. The second kappa shape index (κ2) is 16.7. The van der Waals surface area contributed by atoms with E-state index in [0.29, 0.717) is 0 Å². The molecule has 3 rings (SSSR count). The first kappa shape index (κ1) is 23.6. The summed E-state index contributed by atoms with van der Waals surface area (Å²) >= 11 is 1.74. The van der Waals surface area contributed by atoms with Crippen LogP contribution in [0.25, 0.3) is 20.8 Å². The van der Waals surface area contributed by atoms with Gasteiger partial charge < -0.3 is 0 Å². The normalized spacial score (nSPS) is 8.00. The lowest BCUT2D eigenvalue weighted by molar-refractivity contribution is 1.48. The fourth-order valence-corrected chi connectivity index (χ4v) is 2.55. The van der Waals surface area contributed by atoms with Crippen molar-refractivity contribution in [1.82, 2.24) is 4.98 Å². The Kier molecular flexibility index (Phi) is 17.1. The van der Waals surface area contributed by atoms with E-state index < -0.39 is 0 Å². The Balaban J connectivity index is 0. The first-order chi connectivity index (χ1) is 11.4. The van der Waals surface area contributed by atoms with Crippen molar-refractivity contribution in [3.8, 4) is 10.6 Å². The van der Waals surface area contributed by atoms with Crippen molar-refractivity contribution in [1.29, 1.82) is 0 Å². The summed E-state index contributed by atoms with van der Waals surface area (Å²) in [5.74, 6) is 0. The van der Waals surface area contributed by atoms with Crippen LogP contribution in [0.5, 0.6) is 0 Å². The summed E-state index contributed by atoms with van der Waals surface area (Å²) in [6, 6.07) is 18.5. The van der Waals surface area contributed by atoms with Crippen molar-refractivity contribution in [2.45, 2.75) is 55.4 Å². The Morgan fingerprint density at radius 3 is 1.61 bits per heavy atom. The maximum atomic E-state index is 4.60. The molecule has 128 valence electrons. The standard InChI is InChI=1S/C13H9NS.4C2H6/c1-2-6-10(7-3-1)13-14-11-8-4-5-9-12(11)15-13;4*1-2/h1-9H;4*1-2H3. The summed E-state index contributed by atoms with van der Waals surface area (Å²) < 4.78 is 1.25. The van der Waals surface area contributed by atoms with Gasteiger partial charge in [0, 0.05) is 5.56 Å². The lowest BCUT2D eigenvalue weighted by Gasteiger charge is -1.92. The highest BCUT2D eigenvalue weighted by Gasteiger charge is 2.03. The van der Waals surface area contributed by atoms with Crippen LogP contribution in [-0.2, 0) is 0 Å². The summed E-state index contributed by atoms with van der Waals surface area (Å²) in [5.41, 5.74) is 2.28. The van der Waals surface area contributed by atoms with E-state index in [1.165, 1.54) is 10.3 Å². The number of hydrogen-bond donors (Lipinski definition) is 0. The van der Waals surface area contributed by atoms with Crippen LogP contribution in [-0.4, -0.2) is 4.98 Å². The predicted octanol–water partition coefficient (Wildman–Crippen LogP) is 8.07. The maximum absolute atomic E-state index is 4.60. The quantitative estimate of drug-likeness (QED) is 0.439. The van der Waals surface area contributed by atoms with Crippen LogP contribution in [0.3, 0.4) is 0 Å². The van der Waals surface area contributed by atoms with Gasteiger partial charge in [-0.1, -0.05) is 97.9 Å². The highest BCUT2D eigenvalue weighted by atomic mass is 32.1. The molecular weight excluding hydrogens is 298 g/mol. The molecule has 1 nitrogen and oxygen atoms in total. The van der Waals surface area contributed by atoms with E-state index in [4.69, 9.17) is 0 Å². The van der Waals surface area contributed by atoms with Crippen molar-refractivity contribution >= 4 is 21.6 Å². The molecule has 2 heteroatoms. The predicted molar refractivity (Wildman–Crippen MR) is 110 cm³/mol. The maximum Gasteiger partial charge on any atom is 0.124 e. The minimum atomic E-state index is 1.08. The summed E-state index contributed by atoms with van der Waals surface area (Å²) in [6.07, 6.45) is 0. The molecule has 0 aliphatic rings. The van der Waals surface area contributed by atoms with Crippen molar-refractivity contribution in [2.24, 2.45) is 0 Å². The van der Waals surface area contributed by atoms with Crippen molar-refractivity contribution in [3.63, 3.8) is 0 Å². The molecule has 0 spiro atoms. The number of fused-ring (bicyclic) bond motifs is 1. The second-order valence-corrected chi connectivity index (χ2v) is 4.38. The minimum Gasteiger partial charge on any atom is -0.236 e. The van der Waals surface area contributed by atoms with E-state index in [-0.39, 0.29) is 0 Å². The molecule has 0 unspecified atom stereocenters. The number of hydrogen-bond acceptors (Lipinski definition) is 2. The number of aromatic nitrogens is 1. The summed E-state index contributed by atoms with van der Waals surface area (Å²) in [6.45, 7) is 16.0. The molecular formula is C21H33NS. The smallest absolute Gasteiger partial charge is 0.124 e. The monoisotopic (exact) mass is 331 g/mol. The molecule has 0 atom stereocenters. The average molecular weight is 332 g/mol. The van der Waals surface area contributed by atoms with Crippen LogP contribution in [0.15, 0.2) is 54.6 Å². The molecule has 0 aliphatic heterocycles. The van der Waals surface area contributed by atoms with Crippen LogP contribution in [0.2, 0.25) is 0 Å². The molecule has 3 aromatic rings. The zero-order valence-corrected chi connectivity index (χ0v) is 16.9. The average Bonchev–Trinajstić information content (AvgIpc) is 3.13. The van der Waals surface area contributed by atoms with Gasteiger partial charge in [0.1, 0.15) is 5.01 Å². The lowest BCUT2D eigenvalue weighted by atomic mass is 10.2. The summed E-state index contributed by atoms with van der Waals surface area (Å²) in [7, 11) is 0. The zero-order valence-electron chi connectivity index (χ0n) is 16.1. The number of nitrogens with zero attached hydrogens (tertiary/aromatic N) is 1. The molecule has 2 aromatic carbocycles. The van der Waals surface area contributed by atoms with E-state index in [0.717, 1.165) is 10.5 Å². The highest BCUT2D eigenvalue weighted by molar-refractivity contribution is 7.21. The topological polar surface area (TPSA) is 12.9 Å². The van der Waals surface area contributed by atoms with Gasteiger partial charge in [-0.25, -0.2) is 4.98 Å². The molecule has 0 saturated heterocycles. The third-order valence-corrected chi connectivity index (χ3v) is 3.40. The number of rotatable bonds is 1. The molecule has 0 amide bonds. The van der Waals surface area contributed by atoms with Crippen LogP contribution in [0, 0.1) is 0 Å². The van der Waals surface area contributed by atoms with Crippen LogP contribution in [0.1, 0.15) is 55.4 Å². The lowest BCUT2D eigenvalue weighted by Crippen LogP contribution is -1.73. The van der Waals surface area contributed by atoms with E-state index in [1.54, 1.807) is 11.3 Å². The Labute approximate surface area is 147 Å². The summed E-state index contributed by atoms with van der Waals surface area (Å²) in [5, 5.41) is 1.09. The second-order valence-electron chi connectivity index (χ2n) is 3.35. The fraction of sp³-hybridized carbons (Fsp3) is 0.381. The molecule has 23 heavy (non-hydrogen) atoms. The third-order valence-electron chi connectivity index (χ3n) is 2.31. The van der Waals surface area contributed by atoms with Gasteiger partial charge in [0.2, 0.25) is 0 Å². The Morgan fingerprint density at radius 2 is 1.09 bits per heavy atom. The van der Waals surface area contributed by atoms with Gasteiger partial charge in [-0.05, 0) is 12.1 Å². The number of para-hydroxylation sites is 1. The van der Waals surface area contributed by atoms with Crippen molar-refractivity contribution in [2.75, 3.05) is 0 Å². The van der Waals surface area contributed by atoms with Crippen molar-refractivity contribution in [3.05, 3.63) is 54.6 Å². The van der Waals surface area contributed by atoms with Gasteiger partial charge in [-0.15, -0.1) is 11.3 Å². The molecule has 1 aromatic heterocycles. The van der Waals surface area contributed by atoms with E-state index in [2.05, 4.69) is 35.3 Å². The van der Waals surface area contributed by atoms with Crippen molar-refractivity contribution < 1.29 is 0 Å². The molecule has 0 N–H and O–H groups in total. The zero-order chi connectivity index (χ0) is 18.1. The molecule has 0 fully saturated rings. The van der Waals surface area contributed by atoms with Gasteiger partial charge in [0.05, 0.1) is 10.2 Å². The molecule has 0 saturated carbocycles. The summed E-state index contributed by atoms with van der Waals surface area (Å²) in [4.78, 5) is 4.60. The first-order valence-corrected chi connectivity index (χ1v) is 9.66. The fourth-order valence-electron chi connectivity index (χ4n) is 1.58. The Bertz CT molecular complexity index is 552. The highest BCUT2D eigenvalue weighted by Crippen LogP contribution is 2.29. The number of benzene rings is 2. The van der Waals surface area contributed by atoms with E-state index in [1.807, 2.05) is 79.7 Å². The Morgan fingerprint density at radius 1 is 0.609 bits per heavy atom. The SMILES string of the molecule is CC.CC.CC.CC.c1ccc(-c2nc3ccccc3s2)cc1. The van der Waals surface area contributed by atoms with Gasteiger partial charge in [0.25, 0.3) is 0 Å². The van der Waals surface area contributed by atoms with E-state index in [9.17, 15) is 0 Å². The largest absolute Gasteiger partial charge is 0.236 e. The van der Waals surface area contributed by atoms with Gasteiger partial charge in [0.15, 0.2) is 0 Å². The number of thiazole rings is 1. The van der Waals surface area contributed by atoms with Gasteiger partial charge in [-0.3, -0.25) is 0 Å². The van der Waals surface area contributed by atoms with Crippen LogP contribution < -0.4 is 0 Å². The third kappa shape index (κ3) is 7.94. The van der Waals surface area contributed by atoms with Gasteiger partial charge in [-0.2, -0.15) is 0 Å². The Hall–Kier alpha value is -1.67. The molecule has 0 aliphatic carbocycles. The molecule has 1 heterocycles. The molecule has 0 radical (unpaired) electrons. The molecule has 0 bridgehead atoms. The van der Waals surface area contributed by atoms with E-state index >= 15 is 0 Å². The van der Waals surface area contributed by atoms with Crippen LogP contribution >= 0.6 is 11.3 Å². The van der Waals surface area contributed by atoms with Crippen LogP contribution in [0.4, 0.5) is 0 Å². The first-order valence-electron chi connectivity index (χ1n) is 8.84. The van der Waals surface area contributed by atoms with Gasteiger partial charge >= 0.3 is 0 Å².